The SMILES string of the molecule is CC(C)(C)[C]1[CH][C](C(C)(C)C)[C](C(C)(C)C)[CH]1.CC(C)(C)[C]1[P][P][C]1C(C)(C)C.[Co]. The molecule has 1 heterocycles. The van der Waals surface area contributed by atoms with Crippen LogP contribution in [0.1, 0.15) is 104 Å². The van der Waals surface area contributed by atoms with Crippen LogP contribution < -0.4 is 0 Å². The van der Waals surface area contributed by atoms with Crippen molar-refractivity contribution in [2.24, 2.45) is 27.1 Å². The van der Waals surface area contributed by atoms with Gasteiger partial charge in [0.2, 0.25) is 0 Å². The van der Waals surface area contributed by atoms with Gasteiger partial charge in [0, 0.05) is 28.1 Å². The number of rotatable bonds is 0. The van der Waals surface area contributed by atoms with E-state index in [1.54, 1.807) is 11.3 Å². The molecule has 0 aromatic carbocycles. The molecule has 0 N–H and O–H groups in total. The van der Waals surface area contributed by atoms with E-state index in [-0.39, 0.29) is 33.0 Å². The van der Waals surface area contributed by atoms with Gasteiger partial charge in [0.1, 0.15) is 0 Å². The summed E-state index contributed by atoms with van der Waals surface area (Å²) in [6.07, 6.45) is 4.83. The van der Waals surface area contributed by atoms with Crippen LogP contribution in [0.15, 0.2) is 0 Å². The molecule has 0 aromatic heterocycles. The van der Waals surface area contributed by atoms with Crippen LogP contribution in [0.4, 0.5) is 0 Å². The van der Waals surface area contributed by atoms with Crippen molar-refractivity contribution in [2.45, 2.75) is 104 Å². The standard InChI is InChI=1S/C17H29.C10H18P2.Co/c1-15(2,3)12-10-13(16(4,5)6)14(11-12)17(7,8)9;1-9(2,3)7-8(12-11-7)10(4,5)6;/h10-11H,1-9H3;1-6H3;. The van der Waals surface area contributed by atoms with Crippen molar-refractivity contribution >= 4 is 16.5 Å². The molecule has 2 fully saturated rings. The Morgan fingerprint density at radius 1 is 0.433 bits per heavy atom. The van der Waals surface area contributed by atoms with E-state index >= 15 is 0 Å². The maximum absolute atomic E-state index is 2.42. The molecule has 1 saturated heterocycles. The third-order valence-corrected chi connectivity index (χ3v) is 9.23. The summed E-state index contributed by atoms with van der Waals surface area (Å²) in [5.74, 6) is 4.48. The molecule has 0 spiro atoms. The fraction of sp³-hybridized carbons (Fsp3) is 0.741. The normalized spacial score (nSPS) is 23.3. The topological polar surface area (TPSA) is 0 Å². The summed E-state index contributed by atoms with van der Waals surface area (Å²) in [6.45, 7) is 34.6. The summed E-state index contributed by atoms with van der Waals surface area (Å²) in [4.78, 5) is 0. The van der Waals surface area contributed by atoms with E-state index in [0.717, 1.165) is 0 Å². The largest absolute Gasteiger partial charge is 0.0596 e. The Bertz CT molecular complexity index is 478. The van der Waals surface area contributed by atoms with Gasteiger partial charge in [-0.2, -0.15) is 0 Å². The minimum Gasteiger partial charge on any atom is -0.0596 e. The summed E-state index contributed by atoms with van der Waals surface area (Å²) in [5, 5.41) is 0. The van der Waals surface area contributed by atoms with Gasteiger partial charge < -0.3 is 0 Å². The van der Waals surface area contributed by atoms with E-state index in [4.69, 9.17) is 0 Å². The predicted molar refractivity (Wildman–Crippen MR) is 136 cm³/mol. The van der Waals surface area contributed by atoms with Crippen LogP contribution in [-0.4, -0.2) is 0 Å². The number of hydrogen-bond donors (Lipinski definition) is 0. The molecule has 1 saturated carbocycles. The Balaban J connectivity index is 0.000000573. The molecular formula is C27H47CoP2. The zero-order chi connectivity index (χ0) is 23.2. The van der Waals surface area contributed by atoms with Crippen LogP contribution in [0.25, 0.3) is 0 Å². The fourth-order valence-corrected chi connectivity index (χ4v) is 7.61. The van der Waals surface area contributed by atoms with E-state index in [9.17, 15) is 0 Å². The first-order valence-electron chi connectivity index (χ1n) is 11.1. The van der Waals surface area contributed by atoms with Crippen LogP contribution >= 0.6 is 16.5 Å². The summed E-state index contributed by atoms with van der Waals surface area (Å²) in [5.41, 5.74) is 4.79. The fourth-order valence-electron chi connectivity index (χ4n) is 3.34. The van der Waals surface area contributed by atoms with Gasteiger partial charge in [-0.15, -0.1) is 0 Å². The smallest absolute Gasteiger partial charge is 0.0271 e. The summed E-state index contributed by atoms with van der Waals surface area (Å²) < 4.78 is 0. The van der Waals surface area contributed by atoms with E-state index in [1.165, 1.54) is 34.3 Å². The van der Waals surface area contributed by atoms with Gasteiger partial charge in [-0.3, -0.25) is 0 Å². The first-order chi connectivity index (χ1) is 12.6. The average molecular weight is 493 g/mol. The average Bonchev–Trinajstić information content (AvgIpc) is 2.76. The zero-order valence-electron chi connectivity index (χ0n) is 22.4. The molecule has 2 rings (SSSR count). The minimum absolute atomic E-state index is 0. The van der Waals surface area contributed by atoms with Gasteiger partial charge in [-0.25, -0.2) is 0 Å². The van der Waals surface area contributed by atoms with Gasteiger partial charge >= 0.3 is 0 Å². The quantitative estimate of drug-likeness (QED) is 0.295. The Morgan fingerprint density at radius 3 is 0.833 bits per heavy atom. The van der Waals surface area contributed by atoms with Crippen LogP contribution in [0, 0.1) is 69.0 Å². The van der Waals surface area contributed by atoms with E-state index < -0.39 is 0 Å². The van der Waals surface area contributed by atoms with Crippen molar-refractivity contribution in [2.75, 3.05) is 0 Å². The van der Waals surface area contributed by atoms with Crippen LogP contribution in [-0.2, 0) is 16.8 Å². The third kappa shape index (κ3) is 8.62. The molecule has 1 aliphatic heterocycles. The van der Waals surface area contributed by atoms with Gasteiger partial charge in [0.25, 0.3) is 0 Å². The molecule has 0 nitrogen and oxygen atoms in total. The molecule has 0 bridgehead atoms. The van der Waals surface area contributed by atoms with Gasteiger partial charge in [-0.05, 0) is 74.2 Å². The van der Waals surface area contributed by atoms with Gasteiger partial charge in [-0.1, -0.05) is 104 Å². The van der Waals surface area contributed by atoms with Crippen molar-refractivity contribution < 1.29 is 16.8 Å². The Morgan fingerprint density at radius 2 is 0.700 bits per heavy atom. The Kier molecular flexibility index (Phi) is 10.8. The Labute approximate surface area is 205 Å². The first-order valence-corrected chi connectivity index (χ1v) is 13.5. The molecular weight excluding hydrogens is 445 g/mol. The van der Waals surface area contributed by atoms with Gasteiger partial charge in [0.15, 0.2) is 0 Å². The predicted octanol–water partition coefficient (Wildman–Crippen LogP) is 10.2. The van der Waals surface area contributed by atoms with Gasteiger partial charge in [0.05, 0.1) is 0 Å². The van der Waals surface area contributed by atoms with Crippen molar-refractivity contribution in [1.29, 1.82) is 0 Å². The summed E-state index contributed by atoms with van der Waals surface area (Å²) in [7, 11) is 3.07. The third-order valence-electron chi connectivity index (χ3n) is 5.27. The molecule has 0 aromatic rings. The second-order valence-electron chi connectivity index (χ2n) is 13.7. The molecule has 0 amide bonds. The maximum atomic E-state index is 2.42. The summed E-state index contributed by atoms with van der Waals surface area (Å²) in [6, 6.07) is 0. The maximum Gasteiger partial charge on any atom is 0.0271 e. The van der Waals surface area contributed by atoms with Crippen LogP contribution in [0.5, 0.6) is 0 Å². The number of hydrogen-bond acceptors (Lipinski definition) is 0. The minimum atomic E-state index is 0. The van der Waals surface area contributed by atoms with Crippen molar-refractivity contribution in [3.8, 4) is 0 Å². The van der Waals surface area contributed by atoms with Crippen molar-refractivity contribution in [1.82, 2.24) is 0 Å². The zero-order valence-corrected chi connectivity index (χ0v) is 25.2. The second kappa shape index (κ2) is 10.3. The molecule has 2 aliphatic rings. The Hall–Kier alpha value is 1.37. The molecule has 0 unspecified atom stereocenters. The molecule has 30 heavy (non-hydrogen) atoms. The van der Waals surface area contributed by atoms with Crippen molar-refractivity contribution in [3.63, 3.8) is 0 Å². The van der Waals surface area contributed by atoms with Crippen LogP contribution in [0.3, 0.4) is 0 Å². The van der Waals surface area contributed by atoms with E-state index in [2.05, 4.69) is 117 Å². The van der Waals surface area contributed by atoms with E-state index in [0.29, 0.717) is 10.8 Å². The molecule has 3 heteroatoms. The van der Waals surface area contributed by atoms with Crippen LogP contribution in [0.2, 0.25) is 0 Å². The molecule has 174 valence electrons. The van der Waals surface area contributed by atoms with Crippen molar-refractivity contribution in [3.05, 3.63) is 41.9 Å². The monoisotopic (exact) mass is 492 g/mol. The summed E-state index contributed by atoms with van der Waals surface area (Å²) >= 11 is 0. The first kappa shape index (κ1) is 31.4. The molecule has 10 radical (unpaired) electrons. The molecule has 0 atom stereocenters. The molecule has 1 aliphatic carbocycles. The second-order valence-corrected chi connectivity index (χ2v) is 16.2. The van der Waals surface area contributed by atoms with E-state index in [1.807, 2.05) is 0 Å².